The summed E-state index contributed by atoms with van der Waals surface area (Å²) < 4.78 is 13.3. The van der Waals surface area contributed by atoms with Gasteiger partial charge in [-0.2, -0.15) is 0 Å². The number of nitrogens with one attached hydrogen (secondary N) is 1. The number of rotatable bonds is 30. The van der Waals surface area contributed by atoms with Crippen molar-refractivity contribution in [2.75, 3.05) is 13.2 Å². The lowest BCUT2D eigenvalue weighted by Crippen LogP contribution is -2.42. The van der Waals surface area contributed by atoms with E-state index >= 15 is 0 Å². The molecule has 0 aliphatic heterocycles. The molecule has 0 aromatic heterocycles. The monoisotopic (exact) mass is 610 g/mol. The normalized spacial score (nSPS) is 13.1. The fraction of sp³-hybridized carbons (Fsp3) is 0.974. The Labute approximate surface area is 271 Å². The van der Waals surface area contributed by atoms with Crippen molar-refractivity contribution in [3.63, 3.8) is 0 Å². The van der Waals surface area contributed by atoms with Crippen LogP contribution in [0.4, 0.5) is 0 Å². The van der Waals surface area contributed by atoms with Crippen LogP contribution in [0.2, 0.25) is 0 Å². The van der Waals surface area contributed by atoms with Crippen LogP contribution in [0, 0.1) is 5.41 Å². The van der Waals surface area contributed by atoms with Gasteiger partial charge in [0, 0.05) is 12.0 Å². The summed E-state index contributed by atoms with van der Waals surface area (Å²) in [5.74, 6) is 0.239. The molecular weight excluding hydrogens is 530 g/mol. The first-order valence-corrected chi connectivity index (χ1v) is 18.9. The fourth-order valence-electron chi connectivity index (χ4n) is 6.37. The number of carbonyl (C=O) groups excluding carboxylic acids is 1. The second-order valence-electron chi connectivity index (χ2n) is 15.5. The van der Waals surface area contributed by atoms with E-state index < -0.39 is 0 Å². The van der Waals surface area contributed by atoms with Crippen molar-refractivity contribution < 1.29 is 14.3 Å². The van der Waals surface area contributed by atoms with Crippen LogP contribution in [0.25, 0.3) is 0 Å². The van der Waals surface area contributed by atoms with E-state index in [0.717, 1.165) is 51.4 Å². The second kappa shape index (κ2) is 23.7. The molecule has 0 bridgehead atoms. The number of ether oxygens (including phenoxy) is 2. The summed E-state index contributed by atoms with van der Waals surface area (Å²) in [5, 5.41) is 3.31. The van der Waals surface area contributed by atoms with Crippen molar-refractivity contribution in [1.82, 2.24) is 5.32 Å². The first-order chi connectivity index (χ1) is 20.3. The number of hydrogen-bond acceptors (Lipinski definition) is 3. The summed E-state index contributed by atoms with van der Waals surface area (Å²) >= 11 is 0. The molecule has 0 unspecified atom stereocenters. The highest BCUT2D eigenvalue weighted by Crippen LogP contribution is 2.34. The Kier molecular flexibility index (Phi) is 23.4. The van der Waals surface area contributed by atoms with Gasteiger partial charge in [0.25, 0.3) is 0 Å². The van der Waals surface area contributed by atoms with Gasteiger partial charge in [-0.25, -0.2) is 0 Å². The lowest BCUT2D eigenvalue weighted by molar-refractivity contribution is -0.155. The zero-order valence-corrected chi connectivity index (χ0v) is 31.2. The number of unbranched alkanes of at least 4 members (excludes halogenated alkanes) is 12. The average Bonchev–Trinajstić information content (AvgIpc) is 2.93. The van der Waals surface area contributed by atoms with Crippen molar-refractivity contribution in [3.8, 4) is 0 Å². The molecule has 1 amide bonds. The molecule has 0 aliphatic rings. The lowest BCUT2D eigenvalue weighted by atomic mass is 9.78. The highest BCUT2D eigenvalue weighted by Gasteiger charge is 2.34. The Morgan fingerprint density at radius 1 is 0.512 bits per heavy atom. The minimum atomic E-state index is -0.286. The third-order valence-electron chi connectivity index (χ3n) is 9.56. The quantitative estimate of drug-likeness (QED) is 0.0824. The molecule has 4 heteroatoms. The molecule has 0 fully saturated rings. The molecule has 258 valence electrons. The Bertz CT molecular complexity index is 647. The van der Waals surface area contributed by atoms with E-state index in [0.29, 0.717) is 13.2 Å². The molecule has 0 heterocycles. The molecule has 1 N–H and O–H groups in total. The largest absolute Gasteiger partial charge is 0.375 e. The summed E-state index contributed by atoms with van der Waals surface area (Å²) in [6.45, 7) is 23.7. The maximum absolute atomic E-state index is 13.4. The Morgan fingerprint density at radius 3 is 1.35 bits per heavy atom. The van der Waals surface area contributed by atoms with E-state index in [9.17, 15) is 4.79 Å². The average molecular weight is 610 g/mol. The van der Waals surface area contributed by atoms with Crippen LogP contribution in [0.5, 0.6) is 0 Å². The summed E-state index contributed by atoms with van der Waals surface area (Å²) in [5.41, 5.74) is -0.838. The third-order valence-corrected chi connectivity index (χ3v) is 9.56. The van der Waals surface area contributed by atoms with Crippen molar-refractivity contribution >= 4 is 5.91 Å². The highest BCUT2D eigenvalue weighted by atomic mass is 16.5. The van der Waals surface area contributed by atoms with Gasteiger partial charge in [-0.1, -0.05) is 137 Å². The predicted molar refractivity (Wildman–Crippen MR) is 189 cm³/mol. The molecule has 0 spiro atoms. The lowest BCUT2D eigenvalue weighted by Gasteiger charge is -2.40. The minimum absolute atomic E-state index is 0.0650. The third kappa shape index (κ3) is 21.7. The zero-order chi connectivity index (χ0) is 32.7. The van der Waals surface area contributed by atoms with Crippen molar-refractivity contribution in [3.05, 3.63) is 0 Å². The van der Waals surface area contributed by atoms with Crippen LogP contribution >= 0.6 is 0 Å². The maximum atomic E-state index is 13.4. The first-order valence-electron chi connectivity index (χ1n) is 18.9. The van der Waals surface area contributed by atoms with Gasteiger partial charge in [-0.15, -0.1) is 0 Å². The second-order valence-corrected chi connectivity index (χ2v) is 15.5. The van der Waals surface area contributed by atoms with Crippen molar-refractivity contribution in [2.45, 2.75) is 227 Å². The van der Waals surface area contributed by atoms with Crippen LogP contribution in [-0.4, -0.2) is 35.9 Å². The van der Waals surface area contributed by atoms with E-state index in [1.807, 2.05) is 0 Å². The molecule has 0 saturated carbocycles. The van der Waals surface area contributed by atoms with Gasteiger partial charge in [0.05, 0.1) is 23.4 Å². The zero-order valence-electron chi connectivity index (χ0n) is 31.2. The van der Waals surface area contributed by atoms with E-state index in [2.05, 4.69) is 74.6 Å². The van der Waals surface area contributed by atoms with Gasteiger partial charge >= 0.3 is 0 Å². The van der Waals surface area contributed by atoms with E-state index in [4.69, 9.17) is 9.47 Å². The molecule has 0 aliphatic carbocycles. The molecule has 0 rings (SSSR count). The highest BCUT2D eigenvalue weighted by molar-refractivity contribution is 5.82. The smallest absolute Gasteiger partial charge is 0.225 e. The van der Waals surface area contributed by atoms with Crippen LogP contribution < -0.4 is 5.32 Å². The standard InChI is InChI=1S/C39H79NO3/c1-11-15-19-23-27-38(9,28-24-20-16-12-2)35(41)40-33-31-36(5,6)42-34-32-37(7,8)43-39(10,29-25-21-17-13-3)30-26-22-18-14-4/h11-34H2,1-10H3,(H,40,41). The van der Waals surface area contributed by atoms with Gasteiger partial charge < -0.3 is 14.8 Å². The topological polar surface area (TPSA) is 47.6 Å². The van der Waals surface area contributed by atoms with Crippen LogP contribution in [0.1, 0.15) is 210 Å². The predicted octanol–water partition coefficient (Wildman–Crippen LogP) is 12.1. The molecule has 0 radical (unpaired) electrons. The first kappa shape index (κ1) is 42.4. The summed E-state index contributed by atoms with van der Waals surface area (Å²) in [4.78, 5) is 13.4. The van der Waals surface area contributed by atoms with Gasteiger partial charge in [-0.3, -0.25) is 4.79 Å². The van der Waals surface area contributed by atoms with Gasteiger partial charge in [0.15, 0.2) is 0 Å². The summed E-state index contributed by atoms with van der Waals surface area (Å²) in [7, 11) is 0. The summed E-state index contributed by atoms with van der Waals surface area (Å²) in [6.07, 6.45) is 26.0. The van der Waals surface area contributed by atoms with E-state index in [1.54, 1.807) is 0 Å². The number of amides is 1. The fourth-order valence-corrected chi connectivity index (χ4v) is 6.37. The van der Waals surface area contributed by atoms with Gasteiger partial charge in [0.2, 0.25) is 5.91 Å². The Morgan fingerprint density at radius 2 is 0.930 bits per heavy atom. The van der Waals surface area contributed by atoms with Gasteiger partial charge in [0.1, 0.15) is 0 Å². The van der Waals surface area contributed by atoms with Crippen molar-refractivity contribution in [2.24, 2.45) is 5.41 Å². The molecular formula is C39H79NO3. The van der Waals surface area contributed by atoms with Gasteiger partial charge in [-0.05, 0) is 73.1 Å². The molecule has 0 aromatic rings. The maximum Gasteiger partial charge on any atom is 0.225 e. The SMILES string of the molecule is CCCCCCC(C)(CCCCCC)OC(C)(C)CCOC(C)(C)CCNC(=O)C(C)(CCCCCC)CCCCCC. The Balaban J connectivity index is 4.87. The minimum Gasteiger partial charge on any atom is -0.375 e. The molecule has 0 atom stereocenters. The van der Waals surface area contributed by atoms with Crippen LogP contribution in [-0.2, 0) is 14.3 Å². The van der Waals surface area contributed by atoms with E-state index in [-0.39, 0.29) is 28.1 Å². The number of carbonyl (C=O) groups is 1. The molecule has 0 aromatic carbocycles. The molecule has 0 saturated heterocycles. The number of hydrogen-bond donors (Lipinski definition) is 1. The summed E-state index contributed by atoms with van der Waals surface area (Å²) in [6, 6.07) is 0. The Hall–Kier alpha value is -0.610. The van der Waals surface area contributed by atoms with Crippen LogP contribution in [0.15, 0.2) is 0 Å². The molecule has 43 heavy (non-hydrogen) atoms. The van der Waals surface area contributed by atoms with Crippen LogP contribution in [0.3, 0.4) is 0 Å². The van der Waals surface area contributed by atoms with E-state index in [1.165, 1.54) is 89.9 Å². The van der Waals surface area contributed by atoms with Crippen molar-refractivity contribution in [1.29, 1.82) is 0 Å². The molecule has 4 nitrogen and oxygen atoms in total.